The summed E-state index contributed by atoms with van der Waals surface area (Å²) in [6.07, 6.45) is 1.09. The Kier molecular flexibility index (Phi) is 4.39. The van der Waals surface area contributed by atoms with Crippen LogP contribution in [0.4, 0.5) is 0 Å². The highest BCUT2D eigenvalue weighted by Crippen LogP contribution is 2.26. The molecule has 0 unspecified atom stereocenters. The topological polar surface area (TPSA) is 42.4 Å². The van der Waals surface area contributed by atoms with Gasteiger partial charge in [0, 0.05) is 28.9 Å². The van der Waals surface area contributed by atoms with E-state index in [4.69, 9.17) is 10.2 Å². The number of hydrogen-bond acceptors (Lipinski definition) is 4. The molecule has 0 bridgehead atoms. The maximum absolute atomic E-state index is 5.85. The summed E-state index contributed by atoms with van der Waals surface area (Å²) in [5, 5.41) is 3.31. The van der Waals surface area contributed by atoms with Crippen molar-refractivity contribution in [3.63, 3.8) is 0 Å². The van der Waals surface area contributed by atoms with E-state index in [0.29, 0.717) is 6.54 Å². The van der Waals surface area contributed by atoms with Crippen molar-refractivity contribution in [1.82, 2.24) is 4.90 Å². The fourth-order valence-corrected chi connectivity index (χ4v) is 3.29. The monoisotopic (exact) mass is 300 g/mol. The largest absolute Gasteiger partial charge is 0.459 e. The molecule has 0 aliphatic carbocycles. The Morgan fingerprint density at radius 2 is 2.05 bits per heavy atom. The van der Waals surface area contributed by atoms with Crippen LogP contribution in [0.3, 0.4) is 0 Å². The number of benzene rings is 1. The quantitative estimate of drug-likeness (QED) is 0.756. The Bertz CT molecular complexity index is 703. The van der Waals surface area contributed by atoms with Gasteiger partial charge in [-0.2, -0.15) is 0 Å². The molecule has 0 amide bonds. The zero-order valence-corrected chi connectivity index (χ0v) is 13.0. The van der Waals surface area contributed by atoms with E-state index in [1.165, 1.54) is 15.8 Å². The highest BCUT2D eigenvalue weighted by atomic mass is 32.1. The lowest BCUT2D eigenvalue weighted by Gasteiger charge is -2.16. The molecular weight excluding hydrogens is 280 g/mol. The summed E-state index contributed by atoms with van der Waals surface area (Å²) in [4.78, 5) is 3.76. The second kappa shape index (κ2) is 6.43. The van der Waals surface area contributed by atoms with Crippen LogP contribution in [0.25, 0.3) is 11.0 Å². The molecule has 0 saturated heterocycles. The number of likely N-dealkylation sites (N-methyl/N-ethyl adjacent to an activating group) is 1. The van der Waals surface area contributed by atoms with Crippen molar-refractivity contribution in [3.8, 4) is 0 Å². The molecule has 4 heteroatoms. The normalized spacial score (nSPS) is 11.6. The van der Waals surface area contributed by atoms with Crippen LogP contribution in [-0.2, 0) is 19.5 Å². The van der Waals surface area contributed by atoms with Crippen LogP contribution in [0.2, 0.25) is 0 Å². The van der Waals surface area contributed by atoms with Gasteiger partial charge in [0.05, 0.1) is 6.54 Å². The molecule has 3 nitrogen and oxygen atoms in total. The van der Waals surface area contributed by atoms with Crippen molar-refractivity contribution in [2.45, 2.75) is 19.5 Å². The van der Waals surface area contributed by atoms with E-state index >= 15 is 0 Å². The molecule has 0 radical (unpaired) electrons. The molecule has 0 aliphatic heterocycles. The molecule has 0 saturated carbocycles. The van der Waals surface area contributed by atoms with Gasteiger partial charge in [-0.1, -0.05) is 24.3 Å². The molecule has 2 aromatic heterocycles. The first kappa shape index (κ1) is 14.3. The second-order valence-electron chi connectivity index (χ2n) is 5.27. The number of fused-ring (bicyclic) bond motifs is 1. The number of thiophene rings is 1. The van der Waals surface area contributed by atoms with Crippen LogP contribution in [0.15, 0.2) is 46.2 Å². The molecule has 2 heterocycles. The minimum absolute atomic E-state index is 0.447. The Labute approximate surface area is 129 Å². The van der Waals surface area contributed by atoms with Gasteiger partial charge in [0.2, 0.25) is 0 Å². The summed E-state index contributed by atoms with van der Waals surface area (Å²) in [7, 11) is 2.15. The SMILES string of the molecule is CN(CCc1cccs1)Cc1c(CN)oc2ccccc12. The number of nitrogens with zero attached hydrogens (tertiary/aromatic N) is 1. The van der Waals surface area contributed by atoms with Gasteiger partial charge in [-0.3, -0.25) is 0 Å². The van der Waals surface area contributed by atoms with Crippen LogP contribution < -0.4 is 5.73 Å². The van der Waals surface area contributed by atoms with Crippen LogP contribution in [0, 0.1) is 0 Å². The molecular formula is C17H20N2OS. The molecule has 1 aromatic carbocycles. The standard InChI is InChI=1S/C17H20N2OS/c1-19(9-8-13-5-4-10-21-13)12-15-14-6-2-3-7-16(14)20-17(15)11-18/h2-7,10H,8-9,11-12,18H2,1H3. The highest BCUT2D eigenvalue weighted by molar-refractivity contribution is 7.09. The molecule has 110 valence electrons. The van der Waals surface area contributed by atoms with Crippen LogP contribution in [0.1, 0.15) is 16.2 Å². The van der Waals surface area contributed by atoms with Crippen molar-refractivity contribution >= 4 is 22.3 Å². The second-order valence-corrected chi connectivity index (χ2v) is 6.30. The summed E-state index contributed by atoms with van der Waals surface area (Å²) >= 11 is 1.82. The summed E-state index contributed by atoms with van der Waals surface area (Å²) in [6, 6.07) is 12.5. The smallest absolute Gasteiger partial charge is 0.134 e. The molecule has 3 rings (SSSR count). The molecule has 0 fully saturated rings. The Morgan fingerprint density at radius 1 is 1.19 bits per heavy atom. The third-order valence-corrected chi connectivity index (χ3v) is 4.65. The minimum Gasteiger partial charge on any atom is -0.459 e. The molecule has 2 N–H and O–H groups in total. The molecule has 0 spiro atoms. The fourth-order valence-electron chi connectivity index (χ4n) is 2.59. The first-order valence-corrected chi connectivity index (χ1v) is 8.06. The number of hydrogen-bond donors (Lipinski definition) is 1. The van der Waals surface area contributed by atoms with E-state index in [0.717, 1.165) is 30.9 Å². The van der Waals surface area contributed by atoms with Gasteiger partial charge in [-0.15, -0.1) is 11.3 Å². The van der Waals surface area contributed by atoms with Gasteiger partial charge in [0.15, 0.2) is 0 Å². The van der Waals surface area contributed by atoms with E-state index in [1.807, 2.05) is 29.5 Å². The number of para-hydroxylation sites is 1. The molecule has 0 atom stereocenters. The first-order valence-electron chi connectivity index (χ1n) is 7.18. The van der Waals surface area contributed by atoms with Gasteiger partial charge in [0.25, 0.3) is 0 Å². The Hall–Kier alpha value is -1.62. The fraction of sp³-hybridized carbons (Fsp3) is 0.294. The van der Waals surface area contributed by atoms with Crippen LogP contribution in [0.5, 0.6) is 0 Å². The Morgan fingerprint density at radius 3 is 2.81 bits per heavy atom. The average Bonchev–Trinajstić information content (AvgIpc) is 3.13. The van der Waals surface area contributed by atoms with Crippen molar-refractivity contribution < 1.29 is 4.42 Å². The zero-order valence-electron chi connectivity index (χ0n) is 12.2. The van der Waals surface area contributed by atoms with Crippen molar-refractivity contribution in [1.29, 1.82) is 0 Å². The molecule has 3 aromatic rings. The number of rotatable bonds is 6. The first-order chi connectivity index (χ1) is 10.3. The lowest BCUT2D eigenvalue weighted by atomic mass is 10.1. The maximum Gasteiger partial charge on any atom is 0.134 e. The van der Waals surface area contributed by atoms with Gasteiger partial charge in [-0.25, -0.2) is 0 Å². The van der Waals surface area contributed by atoms with Crippen LogP contribution in [-0.4, -0.2) is 18.5 Å². The third-order valence-electron chi connectivity index (χ3n) is 3.72. The van der Waals surface area contributed by atoms with Crippen molar-refractivity contribution in [2.75, 3.05) is 13.6 Å². The molecule has 0 aliphatic rings. The summed E-state index contributed by atoms with van der Waals surface area (Å²) in [5.41, 5.74) is 7.98. The predicted molar refractivity (Wildman–Crippen MR) is 88.5 cm³/mol. The minimum atomic E-state index is 0.447. The van der Waals surface area contributed by atoms with Crippen molar-refractivity contribution in [3.05, 3.63) is 58.0 Å². The number of nitrogens with two attached hydrogens (primary N) is 1. The highest BCUT2D eigenvalue weighted by Gasteiger charge is 2.14. The summed E-state index contributed by atoms with van der Waals surface area (Å²) in [5.74, 6) is 0.902. The predicted octanol–water partition coefficient (Wildman–Crippen LogP) is 3.63. The third kappa shape index (κ3) is 3.18. The van der Waals surface area contributed by atoms with E-state index in [9.17, 15) is 0 Å². The van der Waals surface area contributed by atoms with Gasteiger partial charge in [0.1, 0.15) is 11.3 Å². The van der Waals surface area contributed by atoms with E-state index < -0.39 is 0 Å². The van der Waals surface area contributed by atoms with Gasteiger partial charge in [-0.05, 0) is 31.0 Å². The van der Waals surface area contributed by atoms with E-state index in [1.54, 1.807) is 0 Å². The van der Waals surface area contributed by atoms with E-state index in [2.05, 4.69) is 35.5 Å². The van der Waals surface area contributed by atoms with Crippen molar-refractivity contribution in [2.24, 2.45) is 5.73 Å². The Balaban J connectivity index is 1.74. The lowest BCUT2D eigenvalue weighted by molar-refractivity contribution is 0.329. The zero-order chi connectivity index (χ0) is 14.7. The van der Waals surface area contributed by atoms with Crippen LogP contribution >= 0.6 is 11.3 Å². The van der Waals surface area contributed by atoms with E-state index in [-0.39, 0.29) is 0 Å². The number of furan rings is 1. The summed E-state index contributed by atoms with van der Waals surface area (Å²) < 4.78 is 5.85. The lowest BCUT2D eigenvalue weighted by Crippen LogP contribution is -2.21. The summed E-state index contributed by atoms with van der Waals surface area (Å²) in [6.45, 7) is 2.35. The average molecular weight is 300 g/mol. The molecule has 21 heavy (non-hydrogen) atoms. The maximum atomic E-state index is 5.85. The van der Waals surface area contributed by atoms with Gasteiger partial charge >= 0.3 is 0 Å². The van der Waals surface area contributed by atoms with Gasteiger partial charge < -0.3 is 15.1 Å².